The predicted octanol–water partition coefficient (Wildman–Crippen LogP) is 1.17. The summed E-state index contributed by atoms with van der Waals surface area (Å²) in [6.45, 7) is 0.698. The predicted molar refractivity (Wildman–Crippen MR) is 63.3 cm³/mol. The molecule has 0 unspecified atom stereocenters. The van der Waals surface area contributed by atoms with E-state index in [1.165, 1.54) is 18.4 Å². The molecular weight excluding hydrogens is 237 g/mol. The molecule has 18 heavy (non-hydrogen) atoms. The molecule has 2 aromatic rings. The van der Waals surface area contributed by atoms with Gasteiger partial charge in [0.15, 0.2) is 5.69 Å². The van der Waals surface area contributed by atoms with Crippen molar-refractivity contribution < 1.29 is 13.7 Å². The molecule has 3 N–H and O–H groups in total. The van der Waals surface area contributed by atoms with Crippen LogP contribution < -0.4 is 11.1 Å². The number of halogens is 1. The van der Waals surface area contributed by atoms with Crippen LogP contribution in [0.5, 0.6) is 0 Å². The first-order valence-corrected chi connectivity index (χ1v) is 5.41. The number of benzene rings is 1. The number of carbonyl (C=O) groups is 1. The lowest BCUT2D eigenvalue weighted by atomic mass is 10.1. The fourth-order valence-corrected chi connectivity index (χ4v) is 1.50. The Morgan fingerprint density at radius 2 is 2.11 bits per heavy atom. The van der Waals surface area contributed by atoms with Crippen LogP contribution in [0.15, 0.2) is 35.1 Å². The van der Waals surface area contributed by atoms with Crippen molar-refractivity contribution in [2.45, 2.75) is 0 Å². The minimum Gasteiger partial charge on any atom is -0.363 e. The van der Waals surface area contributed by atoms with Crippen molar-refractivity contribution in [3.8, 4) is 11.1 Å². The van der Waals surface area contributed by atoms with E-state index in [0.717, 1.165) is 0 Å². The minimum absolute atomic E-state index is 0.162. The number of hydrogen-bond donors (Lipinski definition) is 2. The zero-order valence-corrected chi connectivity index (χ0v) is 9.52. The van der Waals surface area contributed by atoms with E-state index >= 15 is 0 Å². The smallest absolute Gasteiger partial charge is 0.274 e. The number of aromatic nitrogens is 1. The normalized spacial score (nSPS) is 10.3. The molecular formula is C12H12FN3O2. The summed E-state index contributed by atoms with van der Waals surface area (Å²) in [7, 11) is 0. The minimum atomic E-state index is -0.367. The number of amides is 1. The van der Waals surface area contributed by atoms with Crippen LogP contribution in [0.25, 0.3) is 11.1 Å². The van der Waals surface area contributed by atoms with Gasteiger partial charge in [-0.15, -0.1) is 0 Å². The van der Waals surface area contributed by atoms with Gasteiger partial charge in [-0.05, 0) is 17.7 Å². The van der Waals surface area contributed by atoms with Gasteiger partial charge in [-0.1, -0.05) is 17.3 Å². The third-order valence-electron chi connectivity index (χ3n) is 2.37. The Hall–Kier alpha value is -2.21. The molecule has 0 radical (unpaired) electrons. The van der Waals surface area contributed by atoms with Crippen LogP contribution in [0.4, 0.5) is 4.39 Å². The first-order chi connectivity index (χ1) is 8.72. The Morgan fingerprint density at radius 1 is 1.39 bits per heavy atom. The van der Waals surface area contributed by atoms with E-state index in [1.807, 2.05) is 0 Å². The fourth-order valence-electron chi connectivity index (χ4n) is 1.50. The molecule has 5 nitrogen and oxygen atoms in total. The molecule has 0 fully saturated rings. The van der Waals surface area contributed by atoms with Gasteiger partial charge in [0.2, 0.25) is 0 Å². The fraction of sp³-hybridized carbons (Fsp3) is 0.167. The van der Waals surface area contributed by atoms with E-state index < -0.39 is 0 Å². The largest absolute Gasteiger partial charge is 0.363 e. The Balaban J connectivity index is 2.27. The highest BCUT2D eigenvalue weighted by Crippen LogP contribution is 2.23. The van der Waals surface area contributed by atoms with Crippen LogP contribution in [-0.4, -0.2) is 24.2 Å². The summed E-state index contributed by atoms with van der Waals surface area (Å²) < 4.78 is 17.6. The van der Waals surface area contributed by atoms with Gasteiger partial charge in [0.05, 0.1) is 5.56 Å². The molecule has 0 aliphatic rings. The van der Waals surface area contributed by atoms with Crippen molar-refractivity contribution in [3.63, 3.8) is 0 Å². The molecule has 1 heterocycles. The zero-order chi connectivity index (χ0) is 13.0. The average molecular weight is 249 g/mol. The maximum absolute atomic E-state index is 12.8. The quantitative estimate of drug-likeness (QED) is 0.852. The van der Waals surface area contributed by atoms with Gasteiger partial charge in [0.25, 0.3) is 5.91 Å². The molecule has 94 valence electrons. The number of nitrogens with zero attached hydrogens (tertiary/aromatic N) is 1. The highest BCUT2D eigenvalue weighted by atomic mass is 19.1. The van der Waals surface area contributed by atoms with Crippen molar-refractivity contribution in [1.82, 2.24) is 10.5 Å². The lowest BCUT2D eigenvalue weighted by Gasteiger charge is -2.02. The highest BCUT2D eigenvalue weighted by Gasteiger charge is 2.17. The third kappa shape index (κ3) is 2.54. The second-order valence-electron chi connectivity index (χ2n) is 3.63. The molecule has 2 rings (SSSR count). The van der Waals surface area contributed by atoms with Crippen molar-refractivity contribution in [1.29, 1.82) is 0 Å². The van der Waals surface area contributed by atoms with Crippen molar-refractivity contribution in [3.05, 3.63) is 42.0 Å². The monoisotopic (exact) mass is 249 g/mol. The molecule has 0 atom stereocenters. The summed E-state index contributed by atoms with van der Waals surface area (Å²) in [6, 6.07) is 5.73. The summed E-state index contributed by atoms with van der Waals surface area (Å²) in [5.41, 5.74) is 6.64. The van der Waals surface area contributed by atoms with Gasteiger partial charge in [0, 0.05) is 13.1 Å². The van der Waals surface area contributed by atoms with Crippen LogP contribution in [0.3, 0.4) is 0 Å². The lowest BCUT2D eigenvalue weighted by molar-refractivity contribution is 0.0946. The van der Waals surface area contributed by atoms with E-state index in [2.05, 4.69) is 10.5 Å². The maximum atomic E-state index is 12.8. The third-order valence-corrected chi connectivity index (χ3v) is 2.37. The van der Waals surface area contributed by atoms with E-state index in [9.17, 15) is 9.18 Å². The number of nitrogens with one attached hydrogen (secondary N) is 1. The summed E-state index contributed by atoms with van der Waals surface area (Å²) in [5, 5.41) is 6.24. The van der Waals surface area contributed by atoms with Crippen LogP contribution in [0.1, 0.15) is 10.5 Å². The Labute approximate surface area is 103 Å². The highest BCUT2D eigenvalue weighted by molar-refractivity contribution is 5.98. The molecule has 0 aliphatic heterocycles. The lowest BCUT2D eigenvalue weighted by Crippen LogP contribution is -2.29. The van der Waals surface area contributed by atoms with E-state index in [4.69, 9.17) is 10.3 Å². The molecule has 0 saturated heterocycles. The molecule has 0 aliphatic carbocycles. The Bertz CT molecular complexity index is 537. The first-order valence-electron chi connectivity index (χ1n) is 5.41. The molecule has 1 aromatic carbocycles. The summed E-state index contributed by atoms with van der Waals surface area (Å²) >= 11 is 0. The van der Waals surface area contributed by atoms with Crippen molar-refractivity contribution in [2.75, 3.05) is 13.1 Å². The number of rotatable bonds is 4. The van der Waals surface area contributed by atoms with Gasteiger partial charge in [-0.3, -0.25) is 4.79 Å². The summed E-state index contributed by atoms with van der Waals surface area (Å²) in [5.74, 6) is -0.710. The SMILES string of the molecule is NCCNC(=O)c1nocc1-c1ccc(F)cc1. The maximum Gasteiger partial charge on any atom is 0.274 e. The van der Waals surface area contributed by atoms with Gasteiger partial charge < -0.3 is 15.6 Å². The molecule has 0 spiro atoms. The van der Waals surface area contributed by atoms with Crippen LogP contribution in [0.2, 0.25) is 0 Å². The topological polar surface area (TPSA) is 81.1 Å². The second kappa shape index (κ2) is 5.42. The molecule has 1 aromatic heterocycles. The summed E-state index contributed by atoms with van der Waals surface area (Å²) in [4.78, 5) is 11.8. The average Bonchev–Trinajstić information content (AvgIpc) is 2.86. The molecule has 1 amide bonds. The van der Waals surface area contributed by atoms with Crippen LogP contribution in [0, 0.1) is 5.82 Å². The molecule has 0 saturated carbocycles. The van der Waals surface area contributed by atoms with Crippen LogP contribution in [-0.2, 0) is 0 Å². The zero-order valence-electron chi connectivity index (χ0n) is 9.52. The summed E-state index contributed by atoms with van der Waals surface area (Å²) in [6.07, 6.45) is 1.35. The van der Waals surface area contributed by atoms with Gasteiger partial charge >= 0.3 is 0 Å². The molecule has 6 heteroatoms. The Morgan fingerprint density at radius 3 is 2.78 bits per heavy atom. The van der Waals surface area contributed by atoms with Crippen molar-refractivity contribution >= 4 is 5.91 Å². The van der Waals surface area contributed by atoms with Gasteiger partial charge in [0.1, 0.15) is 12.1 Å². The van der Waals surface area contributed by atoms with Crippen LogP contribution >= 0.6 is 0 Å². The van der Waals surface area contributed by atoms with E-state index in [-0.39, 0.29) is 17.4 Å². The van der Waals surface area contributed by atoms with E-state index in [0.29, 0.717) is 24.2 Å². The standard InChI is InChI=1S/C12H12FN3O2/c13-9-3-1-8(2-4-9)10-7-18-16-11(10)12(17)15-6-5-14/h1-4,7H,5-6,14H2,(H,15,17). The Kier molecular flexibility index (Phi) is 3.69. The van der Waals surface area contributed by atoms with Gasteiger partial charge in [-0.25, -0.2) is 4.39 Å². The van der Waals surface area contributed by atoms with E-state index in [1.54, 1.807) is 12.1 Å². The number of nitrogens with two attached hydrogens (primary N) is 1. The van der Waals surface area contributed by atoms with Gasteiger partial charge in [-0.2, -0.15) is 0 Å². The number of hydrogen-bond acceptors (Lipinski definition) is 4. The molecule has 0 bridgehead atoms. The van der Waals surface area contributed by atoms with Crippen molar-refractivity contribution in [2.24, 2.45) is 5.73 Å². The number of carbonyl (C=O) groups excluding carboxylic acids is 1. The first kappa shape index (κ1) is 12.3. The second-order valence-corrected chi connectivity index (χ2v) is 3.63.